The monoisotopic (exact) mass is 391 g/mol. The molecule has 0 saturated carbocycles. The highest BCUT2D eigenvalue weighted by Crippen LogP contribution is 2.21. The highest BCUT2D eigenvalue weighted by Gasteiger charge is 2.20. The number of nitrogens with one attached hydrogen (secondary N) is 1. The van der Waals surface area contributed by atoms with E-state index in [2.05, 4.69) is 15.4 Å². The summed E-state index contributed by atoms with van der Waals surface area (Å²) >= 11 is 0. The minimum Gasteiger partial charge on any atom is -0.349 e. The maximum Gasteiger partial charge on any atom is 0.251 e. The summed E-state index contributed by atoms with van der Waals surface area (Å²) < 4.78 is 1.68. The number of rotatable bonds is 7. The molecule has 29 heavy (non-hydrogen) atoms. The lowest BCUT2D eigenvalue weighted by Gasteiger charge is -2.27. The van der Waals surface area contributed by atoms with Crippen molar-refractivity contribution in [2.24, 2.45) is 0 Å². The van der Waals surface area contributed by atoms with Gasteiger partial charge in [0.15, 0.2) is 0 Å². The van der Waals surface area contributed by atoms with E-state index in [0.717, 1.165) is 11.3 Å². The maximum absolute atomic E-state index is 12.7. The van der Waals surface area contributed by atoms with Gasteiger partial charge in [0.2, 0.25) is 5.91 Å². The van der Waals surface area contributed by atoms with E-state index in [1.807, 2.05) is 56.3 Å². The Labute approximate surface area is 170 Å². The Kier molecular flexibility index (Phi) is 6.39. The molecule has 0 fully saturated rings. The van der Waals surface area contributed by atoms with Gasteiger partial charge >= 0.3 is 0 Å². The quantitative estimate of drug-likeness (QED) is 0.671. The molecule has 0 aliphatic carbocycles. The fourth-order valence-electron chi connectivity index (χ4n) is 3.04. The standard InChI is InChI=1S/C22H25N5O2/c1-16(25-22(29)19-7-5-4-6-8-19)13-21(28)26(3)17(2)18-9-11-20(12-10-18)27-15-23-14-24-27/h4-12,14-17H,13H2,1-3H3,(H,25,29). The van der Waals surface area contributed by atoms with Crippen molar-refractivity contribution in [3.8, 4) is 5.69 Å². The first-order chi connectivity index (χ1) is 14.0. The fraction of sp³-hybridized carbons (Fsp3) is 0.273. The number of hydrogen-bond acceptors (Lipinski definition) is 4. The molecule has 150 valence electrons. The maximum atomic E-state index is 12.7. The summed E-state index contributed by atoms with van der Waals surface area (Å²) in [5.41, 5.74) is 2.51. The summed E-state index contributed by atoms with van der Waals surface area (Å²) in [6, 6.07) is 16.5. The molecule has 0 radical (unpaired) electrons. The molecule has 3 aromatic rings. The van der Waals surface area contributed by atoms with Gasteiger partial charge in [-0.1, -0.05) is 30.3 Å². The van der Waals surface area contributed by atoms with Crippen molar-refractivity contribution in [1.29, 1.82) is 0 Å². The molecule has 0 saturated heterocycles. The molecule has 0 bridgehead atoms. The first kappa shape index (κ1) is 20.3. The van der Waals surface area contributed by atoms with Crippen LogP contribution in [-0.4, -0.2) is 44.6 Å². The van der Waals surface area contributed by atoms with Crippen LogP contribution in [0.5, 0.6) is 0 Å². The van der Waals surface area contributed by atoms with Crippen LogP contribution in [0.3, 0.4) is 0 Å². The fourth-order valence-corrected chi connectivity index (χ4v) is 3.04. The van der Waals surface area contributed by atoms with Crippen molar-refractivity contribution in [1.82, 2.24) is 25.0 Å². The van der Waals surface area contributed by atoms with E-state index in [1.54, 1.807) is 35.1 Å². The molecular formula is C22H25N5O2. The number of carbonyl (C=O) groups excluding carboxylic acids is 2. The number of carbonyl (C=O) groups is 2. The summed E-state index contributed by atoms with van der Waals surface area (Å²) in [6.07, 6.45) is 3.36. The Morgan fingerprint density at radius 2 is 1.76 bits per heavy atom. The molecule has 0 aliphatic rings. The van der Waals surface area contributed by atoms with E-state index in [-0.39, 0.29) is 30.3 Å². The lowest BCUT2D eigenvalue weighted by atomic mass is 10.1. The SMILES string of the molecule is CC(CC(=O)N(C)C(C)c1ccc(-n2cncn2)cc1)NC(=O)c1ccccc1. The third kappa shape index (κ3) is 5.07. The summed E-state index contributed by atoms with van der Waals surface area (Å²) in [4.78, 5) is 30.6. The number of amides is 2. The second-order valence-corrected chi connectivity index (χ2v) is 7.06. The highest BCUT2D eigenvalue weighted by atomic mass is 16.2. The summed E-state index contributed by atoms with van der Waals surface area (Å²) in [7, 11) is 1.78. The van der Waals surface area contributed by atoms with Gasteiger partial charge < -0.3 is 10.2 Å². The lowest BCUT2D eigenvalue weighted by molar-refractivity contribution is -0.132. The van der Waals surface area contributed by atoms with Crippen molar-refractivity contribution in [3.63, 3.8) is 0 Å². The Morgan fingerprint density at radius 3 is 2.38 bits per heavy atom. The molecule has 0 spiro atoms. The van der Waals surface area contributed by atoms with Gasteiger partial charge in [0.05, 0.1) is 11.7 Å². The summed E-state index contributed by atoms with van der Waals surface area (Å²) in [6.45, 7) is 3.82. The first-order valence-electron chi connectivity index (χ1n) is 9.52. The number of benzene rings is 2. The van der Waals surface area contributed by atoms with Crippen LogP contribution in [0.2, 0.25) is 0 Å². The topological polar surface area (TPSA) is 80.1 Å². The number of hydrogen-bond donors (Lipinski definition) is 1. The average molecular weight is 391 g/mol. The largest absolute Gasteiger partial charge is 0.349 e. The number of nitrogens with zero attached hydrogens (tertiary/aromatic N) is 4. The Hall–Kier alpha value is -3.48. The predicted molar refractivity (Wildman–Crippen MR) is 111 cm³/mol. The van der Waals surface area contributed by atoms with Gasteiger partial charge in [0, 0.05) is 25.1 Å². The van der Waals surface area contributed by atoms with Crippen LogP contribution < -0.4 is 5.32 Å². The van der Waals surface area contributed by atoms with E-state index < -0.39 is 0 Å². The highest BCUT2D eigenvalue weighted by molar-refractivity contribution is 5.94. The van der Waals surface area contributed by atoms with E-state index in [0.29, 0.717) is 5.56 Å². The molecule has 7 heteroatoms. The van der Waals surface area contributed by atoms with Crippen molar-refractivity contribution in [2.45, 2.75) is 32.4 Å². The van der Waals surface area contributed by atoms with Crippen LogP contribution in [-0.2, 0) is 4.79 Å². The molecule has 0 aliphatic heterocycles. The predicted octanol–water partition coefficient (Wildman–Crippen LogP) is 3.00. The van der Waals surface area contributed by atoms with Crippen LogP contribution in [0, 0.1) is 0 Å². The zero-order valence-corrected chi connectivity index (χ0v) is 16.8. The molecule has 1 aromatic heterocycles. The van der Waals surface area contributed by atoms with Gasteiger partial charge in [0.1, 0.15) is 12.7 Å². The first-order valence-corrected chi connectivity index (χ1v) is 9.52. The van der Waals surface area contributed by atoms with E-state index in [4.69, 9.17) is 0 Å². The van der Waals surface area contributed by atoms with Gasteiger partial charge in [-0.2, -0.15) is 5.10 Å². The Bertz CT molecular complexity index is 939. The number of aromatic nitrogens is 3. The molecule has 2 aromatic carbocycles. The van der Waals surface area contributed by atoms with Crippen molar-refractivity contribution in [3.05, 3.63) is 78.4 Å². The van der Waals surface area contributed by atoms with Crippen molar-refractivity contribution in [2.75, 3.05) is 7.05 Å². The summed E-state index contributed by atoms with van der Waals surface area (Å²) in [5, 5.41) is 6.99. The normalized spacial score (nSPS) is 12.8. The van der Waals surface area contributed by atoms with Crippen LogP contribution in [0.4, 0.5) is 0 Å². The zero-order valence-electron chi connectivity index (χ0n) is 16.8. The minimum atomic E-state index is -0.264. The minimum absolute atomic E-state index is 0.0290. The molecule has 7 nitrogen and oxygen atoms in total. The van der Waals surface area contributed by atoms with Gasteiger partial charge in [-0.15, -0.1) is 0 Å². The zero-order chi connectivity index (χ0) is 20.8. The second-order valence-electron chi connectivity index (χ2n) is 7.06. The molecule has 2 atom stereocenters. The van der Waals surface area contributed by atoms with E-state index in [1.165, 1.54) is 6.33 Å². The van der Waals surface area contributed by atoms with E-state index in [9.17, 15) is 9.59 Å². The molecule has 2 unspecified atom stereocenters. The van der Waals surface area contributed by atoms with Gasteiger partial charge in [-0.05, 0) is 43.7 Å². The average Bonchev–Trinajstić information content (AvgIpc) is 3.28. The summed E-state index contributed by atoms with van der Waals surface area (Å²) in [5.74, 6) is -0.205. The Morgan fingerprint density at radius 1 is 1.07 bits per heavy atom. The molecule has 2 amide bonds. The molecule has 3 rings (SSSR count). The molecular weight excluding hydrogens is 366 g/mol. The third-order valence-electron chi connectivity index (χ3n) is 4.93. The third-order valence-corrected chi connectivity index (χ3v) is 4.93. The van der Waals surface area contributed by atoms with Gasteiger partial charge in [-0.25, -0.2) is 9.67 Å². The van der Waals surface area contributed by atoms with Crippen molar-refractivity contribution >= 4 is 11.8 Å². The van der Waals surface area contributed by atoms with Crippen LogP contribution >= 0.6 is 0 Å². The molecule has 1 heterocycles. The van der Waals surface area contributed by atoms with Crippen molar-refractivity contribution < 1.29 is 9.59 Å². The van der Waals surface area contributed by atoms with Crippen LogP contribution in [0.25, 0.3) is 5.69 Å². The smallest absolute Gasteiger partial charge is 0.251 e. The van der Waals surface area contributed by atoms with Gasteiger partial charge in [0.25, 0.3) is 5.91 Å². The van der Waals surface area contributed by atoms with Crippen LogP contribution in [0.15, 0.2) is 67.3 Å². The molecule has 1 N–H and O–H groups in total. The van der Waals surface area contributed by atoms with Gasteiger partial charge in [-0.3, -0.25) is 9.59 Å². The van der Waals surface area contributed by atoms with Crippen LogP contribution in [0.1, 0.15) is 42.2 Å². The lowest BCUT2D eigenvalue weighted by Crippen LogP contribution is -2.38. The van der Waals surface area contributed by atoms with E-state index >= 15 is 0 Å². The Balaban J connectivity index is 1.56. The second kappa shape index (κ2) is 9.14.